The lowest BCUT2D eigenvalue weighted by molar-refractivity contribution is -0.116. The number of benzene rings is 1. The van der Waals surface area contributed by atoms with Crippen LogP contribution in [0.5, 0.6) is 0 Å². The molecule has 0 aliphatic carbocycles. The van der Waals surface area contributed by atoms with E-state index in [1.54, 1.807) is 12.1 Å². The molecule has 6 nitrogen and oxygen atoms in total. The third kappa shape index (κ3) is 7.64. The minimum atomic E-state index is -0.512. The smallest absolute Gasteiger partial charge is 0.407 e. The first-order valence-corrected chi connectivity index (χ1v) is 7.36. The van der Waals surface area contributed by atoms with Crippen LogP contribution in [0, 0.1) is 0 Å². The molecule has 0 bridgehead atoms. The lowest BCUT2D eigenvalue weighted by Gasteiger charge is -2.19. The van der Waals surface area contributed by atoms with Crippen molar-refractivity contribution >= 4 is 17.7 Å². The van der Waals surface area contributed by atoms with Crippen molar-refractivity contribution in [2.24, 2.45) is 5.73 Å². The molecule has 2 amide bonds. The fraction of sp³-hybridized carbons (Fsp3) is 0.500. The molecule has 0 aliphatic rings. The molecule has 0 aromatic heterocycles. The SMILES string of the molecule is CC(C)(C)OC(=O)NCc1ccc(NC(=O)CCCN)cc1. The molecule has 0 heterocycles. The normalized spacial score (nSPS) is 10.9. The predicted octanol–water partition coefficient (Wildman–Crippen LogP) is 2.39. The number of ether oxygens (including phenoxy) is 1. The van der Waals surface area contributed by atoms with E-state index in [2.05, 4.69) is 10.6 Å². The molecule has 0 fully saturated rings. The van der Waals surface area contributed by atoms with Gasteiger partial charge in [0.2, 0.25) is 5.91 Å². The highest BCUT2D eigenvalue weighted by Gasteiger charge is 2.15. The van der Waals surface area contributed by atoms with E-state index in [4.69, 9.17) is 10.5 Å². The van der Waals surface area contributed by atoms with Crippen LogP contribution in [0.15, 0.2) is 24.3 Å². The van der Waals surface area contributed by atoms with Crippen molar-refractivity contribution in [2.75, 3.05) is 11.9 Å². The van der Waals surface area contributed by atoms with Crippen molar-refractivity contribution in [1.82, 2.24) is 5.32 Å². The van der Waals surface area contributed by atoms with Crippen LogP contribution in [0.25, 0.3) is 0 Å². The molecule has 0 unspecified atom stereocenters. The van der Waals surface area contributed by atoms with Gasteiger partial charge in [-0.1, -0.05) is 12.1 Å². The van der Waals surface area contributed by atoms with Gasteiger partial charge in [-0.05, 0) is 51.4 Å². The summed E-state index contributed by atoms with van der Waals surface area (Å²) in [6.07, 6.45) is 0.633. The Bertz CT molecular complexity index is 492. The van der Waals surface area contributed by atoms with Gasteiger partial charge in [-0.2, -0.15) is 0 Å². The van der Waals surface area contributed by atoms with Crippen LogP contribution in [-0.4, -0.2) is 24.1 Å². The van der Waals surface area contributed by atoms with Crippen molar-refractivity contribution in [2.45, 2.75) is 45.8 Å². The van der Waals surface area contributed by atoms with Gasteiger partial charge < -0.3 is 21.1 Å². The lowest BCUT2D eigenvalue weighted by atomic mass is 10.2. The molecule has 22 heavy (non-hydrogen) atoms. The molecule has 0 saturated carbocycles. The van der Waals surface area contributed by atoms with Crippen LogP contribution in [0.3, 0.4) is 0 Å². The van der Waals surface area contributed by atoms with Gasteiger partial charge in [0, 0.05) is 18.7 Å². The number of anilines is 1. The number of rotatable bonds is 6. The third-order valence-electron chi connectivity index (χ3n) is 2.68. The number of carbonyl (C=O) groups excluding carboxylic acids is 2. The summed E-state index contributed by atoms with van der Waals surface area (Å²) in [6.45, 7) is 6.32. The highest BCUT2D eigenvalue weighted by Crippen LogP contribution is 2.11. The van der Waals surface area contributed by atoms with Crippen molar-refractivity contribution in [3.05, 3.63) is 29.8 Å². The van der Waals surface area contributed by atoms with Gasteiger partial charge in [0.15, 0.2) is 0 Å². The van der Waals surface area contributed by atoms with Gasteiger partial charge in [0.05, 0.1) is 0 Å². The van der Waals surface area contributed by atoms with Crippen LogP contribution in [0.4, 0.5) is 10.5 Å². The zero-order valence-electron chi connectivity index (χ0n) is 13.4. The highest BCUT2D eigenvalue weighted by atomic mass is 16.6. The van der Waals surface area contributed by atoms with E-state index in [0.717, 1.165) is 11.3 Å². The van der Waals surface area contributed by atoms with Crippen molar-refractivity contribution in [3.8, 4) is 0 Å². The number of hydrogen-bond donors (Lipinski definition) is 3. The first-order valence-electron chi connectivity index (χ1n) is 7.36. The number of nitrogens with one attached hydrogen (secondary N) is 2. The number of carbonyl (C=O) groups is 2. The molecule has 0 atom stereocenters. The molecule has 6 heteroatoms. The summed E-state index contributed by atoms with van der Waals surface area (Å²) in [5, 5.41) is 5.47. The average Bonchev–Trinajstić information content (AvgIpc) is 2.42. The zero-order valence-corrected chi connectivity index (χ0v) is 13.4. The number of amides is 2. The van der Waals surface area contributed by atoms with Gasteiger partial charge in [0.1, 0.15) is 5.60 Å². The maximum Gasteiger partial charge on any atom is 0.407 e. The summed E-state index contributed by atoms with van der Waals surface area (Å²) in [7, 11) is 0. The van der Waals surface area contributed by atoms with Crippen molar-refractivity contribution in [1.29, 1.82) is 0 Å². The van der Waals surface area contributed by atoms with Gasteiger partial charge in [-0.15, -0.1) is 0 Å². The summed E-state index contributed by atoms with van der Waals surface area (Å²) in [5.74, 6) is -0.0509. The summed E-state index contributed by atoms with van der Waals surface area (Å²) in [6, 6.07) is 7.28. The molecule has 0 saturated heterocycles. The Morgan fingerprint density at radius 1 is 1.18 bits per heavy atom. The Morgan fingerprint density at radius 2 is 1.82 bits per heavy atom. The Labute approximate surface area is 131 Å². The predicted molar refractivity (Wildman–Crippen MR) is 86.4 cm³/mol. The monoisotopic (exact) mass is 307 g/mol. The summed E-state index contributed by atoms with van der Waals surface area (Å²) in [4.78, 5) is 23.1. The second-order valence-electron chi connectivity index (χ2n) is 5.99. The highest BCUT2D eigenvalue weighted by molar-refractivity contribution is 5.90. The number of nitrogens with two attached hydrogens (primary N) is 1. The van der Waals surface area contributed by atoms with E-state index in [1.165, 1.54) is 0 Å². The largest absolute Gasteiger partial charge is 0.444 e. The fourth-order valence-electron chi connectivity index (χ4n) is 1.68. The van der Waals surface area contributed by atoms with Gasteiger partial charge in [-0.3, -0.25) is 4.79 Å². The summed E-state index contributed by atoms with van der Waals surface area (Å²) in [5.41, 5.74) is 6.50. The number of alkyl carbamates (subject to hydrolysis) is 1. The quantitative estimate of drug-likeness (QED) is 0.752. The average molecular weight is 307 g/mol. The Kier molecular flexibility index (Phi) is 6.85. The molecule has 1 aromatic carbocycles. The van der Waals surface area contributed by atoms with Gasteiger partial charge in [0.25, 0.3) is 0 Å². The molecular formula is C16H25N3O3. The van der Waals surface area contributed by atoms with Gasteiger partial charge in [-0.25, -0.2) is 4.79 Å². The third-order valence-corrected chi connectivity index (χ3v) is 2.68. The maximum atomic E-state index is 11.6. The molecular weight excluding hydrogens is 282 g/mol. The molecule has 0 radical (unpaired) electrons. The van der Waals surface area contributed by atoms with E-state index in [0.29, 0.717) is 25.9 Å². The second kappa shape index (κ2) is 8.38. The fourth-order valence-corrected chi connectivity index (χ4v) is 1.68. The zero-order chi connectivity index (χ0) is 16.6. The first kappa shape index (κ1) is 18.0. The van der Waals surface area contributed by atoms with E-state index < -0.39 is 11.7 Å². The Hall–Kier alpha value is -2.08. The molecule has 1 rings (SSSR count). The van der Waals surface area contributed by atoms with Crippen LogP contribution in [-0.2, 0) is 16.1 Å². The molecule has 1 aromatic rings. The van der Waals surface area contributed by atoms with Crippen LogP contribution >= 0.6 is 0 Å². The Balaban J connectivity index is 2.42. The Morgan fingerprint density at radius 3 is 2.36 bits per heavy atom. The minimum absolute atomic E-state index is 0.0509. The number of hydrogen-bond acceptors (Lipinski definition) is 4. The maximum absolute atomic E-state index is 11.6. The first-order chi connectivity index (χ1) is 10.3. The molecule has 4 N–H and O–H groups in total. The minimum Gasteiger partial charge on any atom is -0.444 e. The van der Waals surface area contributed by atoms with E-state index in [9.17, 15) is 9.59 Å². The van der Waals surface area contributed by atoms with Gasteiger partial charge >= 0.3 is 6.09 Å². The van der Waals surface area contributed by atoms with Crippen molar-refractivity contribution < 1.29 is 14.3 Å². The van der Waals surface area contributed by atoms with E-state index in [-0.39, 0.29) is 5.91 Å². The summed E-state index contributed by atoms with van der Waals surface area (Å²) < 4.78 is 5.16. The van der Waals surface area contributed by atoms with E-state index >= 15 is 0 Å². The topological polar surface area (TPSA) is 93.5 Å². The second-order valence-corrected chi connectivity index (χ2v) is 5.99. The molecule has 0 aliphatic heterocycles. The van der Waals surface area contributed by atoms with Crippen LogP contribution in [0.1, 0.15) is 39.2 Å². The van der Waals surface area contributed by atoms with E-state index in [1.807, 2.05) is 32.9 Å². The van der Waals surface area contributed by atoms with Crippen molar-refractivity contribution in [3.63, 3.8) is 0 Å². The lowest BCUT2D eigenvalue weighted by Crippen LogP contribution is -2.32. The standard InChI is InChI=1S/C16H25N3O3/c1-16(2,3)22-15(21)18-11-12-6-8-13(9-7-12)19-14(20)5-4-10-17/h6-9H,4-5,10-11,17H2,1-3H3,(H,18,21)(H,19,20). The van der Waals surface area contributed by atoms with Crippen LogP contribution in [0.2, 0.25) is 0 Å². The molecule has 0 spiro atoms. The summed E-state index contributed by atoms with van der Waals surface area (Å²) >= 11 is 0. The molecule has 122 valence electrons. The van der Waals surface area contributed by atoms with Crippen LogP contribution < -0.4 is 16.4 Å².